The summed E-state index contributed by atoms with van der Waals surface area (Å²) in [4.78, 5) is 4.78. The van der Waals surface area contributed by atoms with Crippen LogP contribution in [0.25, 0.3) is 22.6 Å². The van der Waals surface area contributed by atoms with Crippen molar-refractivity contribution in [3.05, 3.63) is 84.3 Å². The number of oxazole rings is 1. The van der Waals surface area contributed by atoms with Crippen molar-refractivity contribution in [3.8, 4) is 34.1 Å². The molecule has 0 spiro atoms. The number of methoxy groups -OCH3 is 2. The monoisotopic (exact) mass is 450 g/mol. The molecule has 0 aliphatic carbocycles. The van der Waals surface area contributed by atoms with Crippen LogP contribution >= 0.6 is 0 Å². The lowest BCUT2D eigenvalue weighted by molar-refractivity contribution is 0.394. The highest BCUT2D eigenvalue weighted by molar-refractivity contribution is 7.89. The summed E-state index contributed by atoms with van der Waals surface area (Å²) < 4.78 is 40.2. The molecule has 0 unspecified atom stereocenters. The second kappa shape index (κ2) is 8.86. The Hall–Kier alpha value is -3.62. The Morgan fingerprint density at radius 3 is 2.06 bits per heavy atom. The summed E-state index contributed by atoms with van der Waals surface area (Å²) >= 11 is 0. The molecule has 164 valence electrons. The molecule has 0 radical (unpaired) electrons. The first-order chi connectivity index (χ1) is 15.4. The van der Waals surface area contributed by atoms with Gasteiger partial charge in [0.1, 0.15) is 17.2 Å². The van der Waals surface area contributed by atoms with Crippen LogP contribution in [0.2, 0.25) is 0 Å². The molecule has 1 aromatic heterocycles. The van der Waals surface area contributed by atoms with E-state index in [0.717, 1.165) is 11.1 Å². The quantitative estimate of drug-likeness (QED) is 0.451. The second-order valence-corrected chi connectivity index (χ2v) is 8.68. The number of benzene rings is 3. The first kappa shape index (κ1) is 21.6. The maximum atomic E-state index is 11.6. The van der Waals surface area contributed by atoms with Crippen LogP contribution in [0, 0.1) is 0 Å². The van der Waals surface area contributed by atoms with Gasteiger partial charge in [0, 0.05) is 23.6 Å². The number of primary sulfonamides is 1. The number of aromatic nitrogens is 1. The standard InChI is InChI=1S/C24H22N2O5S/c1-29-19-13-18(14-20(15-19)30-2)23-24(17-8-10-21(11-9-17)32(25,27)28)31-22(26-23)12-16-6-4-3-5-7-16/h3-11,13-15H,12H2,1-2H3,(H2,25,27,28). The predicted octanol–water partition coefficient (Wildman–Crippen LogP) is 4.26. The van der Waals surface area contributed by atoms with E-state index < -0.39 is 10.0 Å². The Bertz CT molecular complexity index is 1310. The summed E-state index contributed by atoms with van der Waals surface area (Å²) in [5, 5.41) is 5.23. The van der Waals surface area contributed by atoms with E-state index in [1.165, 1.54) is 12.1 Å². The predicted molar refractivity (Wildman–Crippen MR) is 121 cm³/mol. The third-order valence-electron chi connectivity index (χ3n) is 4.94. The zero-order valence-electron chi connectivity index (χ0n) is 17.6. The van der Waals surface area contributed by atoms with Crippen LogP contribution in [0.4, 0.5) is 0 Å². The van der Waals surface area contributed by atoms with Gasteiger partial charge in [-0.15, -0.1) is 0 Å². The second-order valence-electron chi connectivity index (χ2n) is 7.12. The number of hydrogen-bond acceptors (Lipinski definition) is 6. The van der Waals surface area contributed by atoms with Gasteiger partial charge in [-0.25, -0.2) is 18.5 Å². The van der Waals surface area contributed by atoms with Crippen molar-refractivity contribution >= 4 is 10.0 Å². The summed E-state index contributed by atoms with van der Waals surface area (Å²) in [7, 11) is -0.640. The molecule has 3 aromatic carbocycles. The van der Waals surface area contributed by atoms with E-state index in [-0.39, 0.29) is 4.90 Å². The van der Waals surface area contributed by atoms with Crippen LogP contribution in [-0.2, 0) is 16.4 Å². The van der Waals surface area contributed by atoms with Gasteiger partial charge in [-0.2, -0.15) is 0 Å². The average Bonchev–Trinajstić information content (AvgIpc) is 3.22. The van der Waals surface area contributed by atoms with Crippen molar-refractivity contribution in [2.45, 2.75) is 11.3 Å². The maximum absolute atomic E-state index is 11.6. The van der Waals surface area contributed by atoms with Crippen molar-refractivity contribution in [1.82, 2.24) is 4.98 Å². The Morgan fingerprint density at radius 2 is 1.50 bits per heavy atom. The van der Waals surface area contributed by atoms with Crippen LogP contribution in [0.15, 0.2) is 82.1 Å². The number of ether oxygens (including phenoxy) is 2. The molecule has 0 fully saturated rings. The van der Waals surface area contributed by atoms with E-state index >= 15 is 0 Å². The minimum Gasteiger partial charge on any atom is -0.497 e. The van der Waals surface area contributed by atoms with E-state index in [1.807, 2.05) is 42.5 Å². The highest BCUT2D eigenvalue weighted by Crippen LogP contribution is 2.37. The van der Waals surface area contributed by atoms with Gasteiger partial charge in [-0.05, 0) is 42.0 Å². The summed E-state index contributed by atoms with van der Waals surface area (Å²) in [5.74, 6) is 2.26. The fourth-order valence-corrected chi connectivity index (χ4v) is 3.86. The van der Waals surface area contributed by atoms with Crippen molar-refractivity contribution in [1.29, 1.82) is 0 Å². The molecule has 0 bridgehead atoms. The lowest BCUT2D eigenvalue weighted by Gasteiger charge is -2.08. The number of rotatable bonds is 7. The highest BCUT2D eigenvalue weighted by atomic mass is 32.2. The smallest absolute Gasteiger partial charge is 0.238 e. The van der Waals surface area contributed by atoms with E-state index in [1.54, 1.807) is 32.4 Å². The Morgan fingerprint density at radius 1 is 0.875 bits per heavy atom. The van der Waals surface area contributed by atoms with Crippen molar-refractivity contribution < 1.29 is 22.3 Å². The number of nitrogens with two attached hydrogens (primary N) is 1. The SMILES string of the molecule is COc1cc(OC)cc(-c2nc(Cc3ccccc3)oc2-c2ccc(S(N)(=O)=O)cc2)c1. The molecule has 4 aromatic rings. The van der Waals surface area contributed by atoms with Crippen LogP contribution < -0.4 is 14.6 Å². The molecule has 0 aliphatic heterocycles. The molecule has 0 saturated heterocycles. The molecule has 0 amide bonds. The molecule has 2 N–H and O–H groups in total. The maximum Gasteiger partial charge on any atom is 0.238 e. The van der Waals surface area contributed by atoms with Crippen molar-refractivity contribution in [2.24, 2.45) is 5.14 Å². The zero-order valence-corrected chi connectivity index (χ0v) is 18.4. The number of hydrogen-bond donors (Lipinski definition) is 1. The van der Waals surface area contributed by atoms with E-state index in [0.29, 0.717) is 40.8 Å². The summed E-state index contributed by atoms with van der Waals surface area (Å²) in [6, 6.07) is 21.5. The Balaban J connectivity index is 1.84. The van der Waals surface area contributed by atoms with Gasteiger partial charge < -0.3 is 13.9 Å². The molecule has 0 saturated carbocycles. The molecule has 8 heteroatoms. The molecular formula is C24H22N2O5S. The fraction of sp³-hybridized carbons (Fsp3) is 0.125. The molecule has 0 atom stereocenters. The molecule has 0 aliphatic rings. The average molecular weight is 451 g/mol. The molecule has 1 heterocycles. The van der Waals surface area contributed by atoms with Gasteiger partial charge in [0.2, 0.25) is 10.0 Å². The van der Waals surface area contributed by atoms with Gasteiger partial charge in [-0.1, -0.05) is 30.3 Å². The minimum absolute atomic E-state index is 0.0230. The first-order valence-corrected chi connectivity index (χ1v) is 11.3. The van der Waals surface area contributed by atoms with Gasteiger partial charge in [-0.3, -0.25) is 0 Å². The van der Waals surface area contributed by atoms with Gasteiger partial charge in [0.25, 0.3) is 0 Å². The third-order valence-corrected chi connectivity index (χ3v) is 5.87. The van der Waals surface area contributed by atoms with Gasteiger partial charge in [0.05, 0.1) is 19.1 Å². The van der Waals surface area contributed by atoms with Crippen LogP contribution in [-0.4, -0.2) is 27.6 Å². The highest BCUT2D eigenvalue weighted by Gasteiger charge is 2.19. The van der Waals surface area contributed by atoms with Gasteiger partial charge in [0.15, 0.2) is 11.7 Å². The summed E-state index contributed by atoms with van der Waals surface area (Å²) in [6.07, 6.45) is 0.504. The number of sulfonamides is 1. The lowest BCUT2D eigenvalue weighted by atomic mass is 10.1. The minimum atomic E-state index is -3.80. The number of nitrogens with zero attached hydrogens (tertiary/aromatic N) is 1. The van der Waals surface area contributed by atoms with Crippen molar-refractivity contribution in [2.75, 3.05) is 14.2 Å². The lowest BCUT2D eigenvalue weighted by Crippen LogP contribution is -2.11. The molecule has 4 rings (SSSR count). The van der Waals surface area contributed by atoms with Crippen molar-refractivity contribution in [3.63, 3.8) is 0 Å². The first-order valence-electron chi connectivity index (χ1n) is 9.77. The largest absolute Gasteiger partial charge is 0.497 e. The fourth-order valence-electron chi connectivity index (χ4n) is 3.34. The summed E-state index contributed by atoms with van der Waals surface area (Å²) in [6.45, 7) is 0. The third kappa shape index (κ3) is 4.66. The molecule has 7 nitrogen and oxygen atoms in total. The normalized spacial score (nSPS) is 11.3. The van der Waals surface area contributed by atoms with E-state index in [2.05, 4.69) is 0 Å². The van der Waals surface area contributed by atoms with E-state index in [9.17, 15) is 8.42 Å². The molecular weight excluding hydrogens is 428 g/mol. The van der Waals surface area contributed by atoms with Crippen LogP contribution in [0.5, 0.6) is 11.5 Å². The Labute approximate surface area is 186 Å². The topological polar surface area (TPSA) is 105 Å². The van der Waals surface area contributed by atoms with E-state index in [4.69, 9.17) is 24.0 Å². The Kier molecular flexibility index (Phi) is 5.98. The van der Waals surface area contributed by atoms with Crippen LogP contribution in [0.1, 0.15) is 11.5 Å². The zero-order chi connectivity index (χ0) is 22.7. The van der Waals surface area contributed by atoms with Crippen LogP contribution in [0.3, 0.4) is 0 Å². The van der Waals surface area contributed by atoms with Gasteiger partial charge >= 0.3 is 0 Å². The molecule has 32 heavy (non-hydrogen) atoms. The summed E-state index contributed by atoms with van der Waals surface area (Å²) in [5.41, 5.74) is 3.06.